The van der Waals surface area contributed by atoms with E-state index in [9.17, 15) is 5.11 Å². The molecule has 0 unspecified atom stereocenters. The van der Waals surface area contributed by atoms with Crippen LogP contribution in [-0.2, 0) is 24.1 Å². The van der Waals surface area contributed by atoms with Crippen LogP contribution in [0.15, 0.2) is 34.9 Å². The van der Waals surface area contributed by atoms with Crippen molar-refractivity contribution in [2.45, 2.75) is 53.2 Å². The fourth-order valence-corrected chi connectivity index (χ4v) is 5.19. The molecule has 1 fully saturated rings. The van der Waals surface area contributed by atoms with Crippen LogP contribution < -0.4 is 5.32 Å². The Kier molecular flexibility index (Phi) is 7.29. The van der Waals surface area contributed by atoms with E-state index in [1.54, 1.807) is 7.11 Å². The van der Waals surface area contributed by atoms with Gasteiger partial charge in [-0.25, -0.2) is 0 Å². The van der Waals surface area contributed by atoms with Crippen LogP contribution in [0.4, 0.5) is 0 Å². The molecular weight excluding hydrogens is 478 g/mol. The minimum atomic E-state index is -0.237. The van der Waals surface area contributed by atoms with Gasteiger partial charge in [0.2, 0.25) is 0 Å². The number of nitrogens with zero attached hydrogens (tertiary/aromatic N) is 2. The van der Waals surface area contributed by atoms with Crippen LogP contribution in [0.5, 0.6) is 0 Å². The molecule has 0 spiro atoms. The normalized spacial score (nSPS) is 15.7. The lowest BCUT2D eigenvalue weighted by molar-refractivity contribution is 0.116. The molecular formula is C27H36BrN3O2. The lowest BCUT2D eigenvalue weighted by Crippen LogP contribution is -2.43. The van der Waals surface area contributed by atoms with Crippen LogP contribution in [0.25, 0.3) is 22.2 Å². The number of hydrogen-bond acceptors (Lipinski definition) is 4. The predicted octanol–water partition coefficient (Wildman–Crippen LogP) is 5.52. The lowest BCUT2D eigenvalue weighted by Gasteiger charge is -2.28. The highest BCUT2D eigenvalue weighted by Crippen LogP contribution is 2.41. The van der Waals surface area contributed by atoms with E-state index in [0.717, 1.165) is 48.2 Å². The summed E-state index contributed by atoms with van der Waals surface area (Å²) in [6.07, 6.45) is 3.72. The zero-order valence-electron chi connectivity index (χ0n) is 20.4. The summed E-state index contributed by atoms with van der Waals surface area (Å²) in [6, 6.07) is 8.85. The molecule has 0 saturated carbocycles. The van der Waals surface area contributed by atoms with E-state index in [4.69, 9.17) is 9.72 Å². The standard InChI is InChI=1S/C27H36BrN3O2/c1-6-31-24-8-7-20(28)11-21(24)23(12-27(3,4)16-32)26(31)22-10-18(9-19-13-29-14-19)15-30-25(22)17(2)33-5/h7-8,10-11,15,17,19,29,32H,6,9,12-14,16H2,1-5H3/t17-/m0/s1. The Labute approximate surface area is 205 Å². The third-order valence-corrected chi connectivity index (χ3v) is 7.38. The Morgan fingerprint density at radius 3 is 2.67 bits per heavy atom. The van der Waals surface area contributed by atoms with Crippen molar-refractivity contribution >= 4 is 26.8 Å². The van der Waals surface area contributed by atoms with Crippen molar-refractivity contribution in [1.82, 2.24) is 14.9 Å². The average Bonchev–Trinajstić information content (AvgIpc) is 3.07. The maximum absolute atomic E-state index is 10.1. The summed E-state index contributed by atoms with van der Waals surface area (Å²) in [5, 5.41) is 14.7. The van der Waals surface area contributed by atoms with E-state index in [0.29, 0.717) is 5.92 Å². The van der Waals surface area contributed by atoms with Gasteiger partial charge in [-0.3, -0.25) is 4.98 Å². The number of aromatic nitrogens is 2. The van der Waals surface area contributed by atoms with Gasteiger partial charge in [0, 0.05) is 47.4 Å². The molecule has 0 amide bonds. The van der Waals surface area contributed by atoms with Gasteiger partial charge in [0.15, 0.2) is 0 Å². The van der Waals surface area contributed by atoms with Crippen LogP contribution in [0, 0.1) is 11.3 Å². The first-order valence-electron chi connectivity index (χ1n) is 11.9. The maximum atomic E-state index is 10.1. The molecule has 0 radical (unpaired) electrons. The van der Waals surface area contributed by atoms with Gasteiger partial charge in [-0.15, -0.1) is 0 Å². The molecule has 0 aliphatic carbocycles. The first kappa shape index (κ1) is 24.4. The molecule has 5 nitrogen and oxygen atoms in total. The summed E-state index contributed by atoms with van der Waals surface area (Å²) in [5.41, 5.74) is 6.82. The molecule has 33 heavy (non-hydrogen) atoms. The highest BCUT2D eigenvalue weighted by molar-refractivity contribution is 9.10. The fraction of sp³-hybridized carbons (Fsp3) is 0.519. The lowest BCUT2D eigenvalue weighted by atomic mass is 9.84. The van der Waals surface area contributed by atoms with E-state index >= 15 is 0 Å². The third-order valence-electron chi connectivity index (χ3n) is 6.89. The predicted molar refractivity (Wildman–Crippen MR) is 139 cm³/mol. The molecule has 1 aromatic carbocycles. The molecule has 3 heterocycles. The average molecular weight is 515 g/mol. The van der Waals surface area contributed by atoms with Gasteiger partial charge in [0.05, 0.1) is 17.5 Å². The molecule has 2 aromatic heterocycles. The first-order chi connectivity index (χ1) is 15.8. The van der Waals surface area contributed by atoms with Crippen molar-refractivity contribution < 1.29 is 9.84 Å². The number of nitrogens with one attached hydrogen (secondary N) is 1. The highest BCUT2D eigenvalue weighted by Gasteiger charge is 2.28. The number of aliphatic hydroxyl groups excluding tert-OH is 1. The van der Waals surface area contributed by atoms with Crippen LogP contribution in [0.1, 0.15) is 50.6 Å². The highest BCUT2D eigenvalue weighted by atomic mass is 79.9. The second kappa shape index (κ2) is 9.87. The Morgan fingerprint density at radius 2 is 2.06 bits per heavy atom. The SMILES string of the molecule is CCn1c(-c2cc(CC3CNC3)cnc2[C@H](C)OC)c(CC(C)(C)CO)c2cc(Br)ccc21. The van der Waals surface area contributed by atoms with Crippen molar-refractivity contribution in [2.24, 2.45) is 11.3 Å². The van der Waals surface area contributed by atoms with E-state index in [1.165, 1.54) is 27.7 Å². The van der Waals surface area contributed by atoms with Gasteiger partial charge < -0.3 is 19.7 Å². The second-order valence-electron chi connectivity index (χ2n) is 10.1. The zero-order valence-corrected chi connectivity index (χ0v) is 22.0. The summed E-state index contributed by atoms with van der Waals surface area (Å²) in [4.78, 5) is 4.94. The maximum Gasteiger partial charge on any atom is 0.0969 e. The summed E-state index contributed by atoms with van der Waals surface area (Å²) >= 11 is 3.68. The Bertz CT molecular complexity index is 1130. The van der Waals surface area contributed by atoms with Gasteiger partial charge in [0.1, 0.15) is 0 Å². The number of benzene rings is 1. The zero-order chi connectivity index (χ0) is 23.8. The van der Waals surface area contributed by atoms with Crippen molar-refractivity contribution in [2.75, 3.05) is 26.8 Å². The summed E-state index contributed by atoms with van der Waals surface area (Å²) < 4.78 is 9.22. The Balaban J connectivity index is 1.99. The fourth-order valence-electron chi connectivity index (χ4n) is 4.83. The first-order valence-corrected chi connectivity index (χ1v) is 12.7. The van der Waals surface area contributed by atoms with E-state index in [1.807, 2.05) is 6.20 Å². The molecule has 0 bridgehead atoms. The van der Waals surface area contributed by atoms with Crippen molar-refractivity contribution in [3.63, 3.8) is 0 Å². The molecule has 1 saturated heterocycles. The molecule has 1 aliphatic rings. The Hall–Kier alpha value is -1.73. The van der Waals surface area contributed by atoms with Gasteiger partial charge in [-0.1, -0.05) is 29.8 Å². The van der Waals surface area contributed by atoms with Crippen LogP contribution >= 0.6 is 15.9 Å². The van der Waals surface area contributed by atoms with Gasteiger partial charge in [0.25, 0.3) is 0 Å². The minimum absolute atomic E-state index is 0.117. The van der Waals surface area contributed by atoms with Crippen LogP contribution in [0.2, 0.25) is 0 Å². The van der Waals surface area contributed by atoms with E-state index in [-0.39, 0.29) is 18.1 Å². The van der Waals surface area contributed by atoms with Gasteiger partial charge in [-0.2, -0.15) is 0 Å². The topological polar surface area (TPSA) is 59.3 Å². The van der Waals surface area contributed by atoms with Crippen molar-refractivity contribution in [1.29, 1.82) is 0 Å². The molecule has 178 valence electrons. The van der Waals surface area contributed by atoms with Gasteiger partial charge >= 0.3 is 0 Å². The number of fused-ring (bicyclic) bond motifs is 1. The quantitative estimate of drug-likeness (QED) is 0.395. The molecule has 1 aliphatic heterocycles. The number of aliphatic hydroxyl groups is 1. The number of aryl methyl sites for hydroxylation is 1. The number of hydrogen-bond donors (Lipinski definition) is 2. The Morgan fingerprint density at radius 1 is 1.30 bits per heavy atom. The number of methoxy groups -OCH3 is 1. The van der Waals surface area contributed by atoms with Crippen molar-refractivity contribution in [3.05, 3.63) is 51.8 Å². The van der Waals surface area contributed by atoms with E-state index in [2.05, 4.69) is 77.8 Å². The molecule has 6 heteroatoms. The summed E-state index contributed by atoms with van der Waals surface area (Å²) in [5.74, 6) is 0.672. The van der Waals surface area contributed by atoms with Crippen LogP contribution in [0.3, 0.4) is 0 Å². The molecule has 2 N–H and O–H groups in total. The third kappa shape index (κ3) is 4.90. The number of halogens is 1. The largest absolute Gasteiger partial charge is 0.396 e. The molecule has 4 rings (SSSR count). The number of pyridine rings is 1. The smallest absolute Gasteiger partial charge is 0.0969 e. The van der Waals surface area contributed by atoms with Crippen LogP contribution in [-0.4, -0.2) is 41.5 Å². The molecule has 3 aromatic rings. The molecule has 1 atom stereocenters. The summed E-state index contributed by atoms with van der Waals surface area (Å²) in [6.45, 7) is 11.6. The summed E-state index contributed by atoms with van der Waals surface area (Å²) in [7, 11) is 1.74. The number of ether oxygens (including phenoxy) is 1. The monoisotopic (exact) mass is 513 g/mol. The second-order valence-corrected chi connectivity index (χ2v) is 11.0. The number of rotatable bonds is 9. The van der Waals surface area contributed by atoms with Gasteiger partial charge in [-0.05, 0) is 86.5 Å². The van der Waals surface area contributed by atoms with Crippen molar-refractivity contribution in [3.8, 4) is 11.3 Å². The minimum Gasteiger partial charge on any atom is -0.396 e. The van der Waals surface area contributed by atoms with E-state index < -0.39 is 0 Å².